The molecule has 99 heavy (non-hydrogen) atoms. The van der Waals surface area contributed by atoms with E-state index in [4.69, 9.17) is 18.9 Å². The predicted octanol–water partition coefficient (Wildman–Crippen LogP) is 24.6. The monoisotopic (exact) mass is 1350 g/mol. The van der Waals surface area contributed by atoms with E-state index in [1.165, 1.54) is 110 Å². The lowest BCUT2D eigenvalue weighted by Gasteiger charge is -2.43. The zero-order valence-electron chi connectivity index (χ0n) is 66.1. The Balaban J connectivity index is 0.000000164. The van der Waals surface area contributed by atoms with Crippen molar-refractivity contribution in [1.29, 1.82) is 0 Å². The third-order valence-electron chi connectivity index (χ3n) is 24.1. The zero-order chi connectivity index (χ0) is 71.9. The number of methoxy groups -OCH3 is 3. The Labute approximate surface area is 606 Å². The maximum atomic E-state index is 9.26. The van der Waals surface area contributed by atoms with Gasteiger partial charge < -0.3 is 24.1 Å². The van der Waals surface area contributed by atoms with Crippen LogP contribution in [0.1, 0.15) is 291 Å². The first kappa shape index (κ1) is 81.4. The van der Waals surface area contributed by atoms with Gasteiger partial charge in [-0.2, -0.15) is 0 Å². The standard InChI is InChI=1S/C16H24O.C15H22O2.C15H22O.C14H20O.2C13H18.C8H16/c1-11(2)15-12-8-6-7-9-13(12)16(3,4)10-14(15)17-5;1-10(2)15-13-8-11(9-16)4-5-12(13)6-7-14(15)17-3;1-12(2)14-9-6-10-15(14)16-11-13-7-4-3-5-8-13;1-10(2)14-12-7-5-4-6-11(12)8-9-13(14)15-3;1-9(2)13-10(3)8-11-6-4-5-7-12(11)13;1-10(2)12-9-5-7-11-6-3-4-8-13(11)12;1-7(2)8-5-3-4-6-8/h6-9,11,14-15H,10H2,1-5H3;4-5,8,10,14-16H,6-7,9H2,1-3H3;3-5,7-8,12,14-15H,6,9-11H2,1-2H3;4-7,10,13-14H,8-9H2,1-3H3;4-7,9-10,13H,8H2,1-3H3;3-4,6,8,10,12H,5,7,9H2,1-2H3;7-8H,3-6H2,1-2H3. The molecular weight excluding hydrogens is 1210 g/mol. The Kier molecular flexibility index (Phi) is 33.1. The van der Waals surface area contributed by atoms with E-state index in [0.29, 0.717) is 59.9 Å². The summed E-state index contributed by atoms with van der Waals surface area (Å²) < 4.78 is 23.1. The summed E-state index contributed by atoms with van der Waals surface area (Å²) in [7, 11) is 5.50. The smallest absolute Gasteiger partial charge is 0.0720 e. The van der Waals surface area contributed by atoms with Crippen molar-refractivity contribution in [2.75, 3.05) is 21.3 Å². The second-order valence-corrected chi connectivity index (χ2v) is 33.8. The molecule has 0 saturated heterocycles. The quantitative estimate of drug-likeness (QED) is 0.118. The summed E-state index contributed by atoms with van der Waals surface area (Å²) in [5.74, 6) is 10.9. The van der Waals surface area contributed by atoms with Crippen molar-refractivity contribution >= 4 is 0 Å². The van der Waals surface area contributed by atoms with Crippen LogP contribution >= 0.6 is 0 Å². The predicted molar refractivity (Wildman–Crippen MR) is 423 cm³/mol. The Bertz CT molecular complexity index is 3230. The van der Waals surface area contributed by atoms with Gasteiger partial charge in [-0.15, -0.1) is 0 Å². The number of aliphatic hydroxyl groups excluding tert-OH is 1. The van der Waals surface area contributed by atoms with Crippen molar-refractivity contribution in [3.63, 3.8) is 0 Å². The molecule has 0 radical (unpaired) electrons. The molecule has 6 aromatic carbocycles. The first-order chi connectivity index (χ1) is 47.4. The van der Waals surface area contributed by atoms with Gasteiger partial charge in [-0.25, -0.2) is 0 Å². The summed E-state index contributed by atoms with van der Waals surface area (Å²) >= 11 is 0. The fourth-order valence-corrected chi connectivity index (χ4v) is 18.8. The van der Waals surface area contributed by atoms with Crippen molar-refractivity contribution in [3.8, 4) is 0 Å². The SMILES string of the molecule is CC(C)C1CCCC1.CC(C)C1CCCC1OCc1ccccc1.CC(C)C1CCCc2ccccc21.CC(C)C1c2ccccc2CC1C.COC1CC(C)(C)c2ccccc2C1C(C)C.COC1CCc2ccc(CO)cc2C1C(C)C.COC1CCc2ccccc2C1C(C)C. The Morgan fingerprint density at radius 1 is 0.394 bits per heavy atom. The number of aryl methyl sites for hydroxylation is 3. The van der Waals surface area contributed by atoms with Crippen molar-refractivity contribution < 1.29 is 24.1 Å². The molecule has 11 atom stereocenters. The maximum absolute atomic E-state index is 9.26. The second-order valence-electron chi connectivity index (χ2n) is 33.8. The maximum Gasteiger partial charge on any atom is 0.0720 e. The van der Waals surface area contributed by atoms with Gasteiger partial charge in [-0.05, 0) is 214 Å². The van der Waals surface area contributed by atoms with Gasteiger partial charge in [0.15, 0.2) is 0 Å². The number of benzene rings is 6. The summed E-state index contributed by atoms with van der Waals surface area (Å²) in [5.41, 5.74) is 17.7. The van der Waals surface area contributed by atoms with E-state index in [1.54, 1.807) is 29.4 Å². The lowest BCUT2D eigenvalue weighted by molar-refractivity contribution is 0.00355. The second kappa shape index (κ2) is 40.2. The number of aliphatic hydroxyl groups is 1. The minimum absolute atomic E-state index is 0.121. The van der Waals surface area contributed by atoms with E-state index in [2.05, 4.69) is 257 Å². The van der Waals surface area contributed by atoms with Crippen LogP contribution in [0.3, 0.4) is 0 Å². The summed E-state index contributed by atoms with van der Waals surface area (Å²) in [5, 5.41) is 9.26. The van der Waals surface area contributed by atoms with Crippen molar-refractivity contribution in [3.05, 3.63) is 212 Å². The number of hydrogen-bond donors (Lipinski definition) is 1. The molecule has 2 saturated carbocycles. The van der Waals surface area contributed by atoms with E-state index < -0.39 is 0 Å². The first-order valence-corrected chi connectivity index (χ1v) is 39.7. The van der Waals surface area contributed by atoms with Crippen molar-refractivity contribution in [2.24, 2.45) is 59.2 Å². The number of fused-ring (bicyclic) bond motifs is 5. The average Bonchev–Trinajstić information content (AvgIpc) is 1.67. The van der Waals surface area contributed by atoms with Crippen LogP contribution in [0.15, 0.2) is 146 Å². The van der Waals surface area contributed by atoms with E-state index in [1.807, 2.05) is 20.3 Å². The van der Waals surface area contributed by atoms with Crippen LogP contribution in [-0.2, 0) is 63.3 Å². The first-order valence-electron chi connectivity index (χ1n) is 39.7. The Hall–Kier alpha value is -4.88. The van der Waals surface area contributed by atoms with Gasteiger partial charge >= 0.3 is 0 Å². The van der Waals surface area contributed by atoms with Gasteiger partial charge in [0.1, 0.15) is 0 Å². The number of rotatable bonds is 14. The third-order valence-corrected chi connectivity index (χ3v) is 24.1. The molecule has 2 fully saturated rings. The lowest BCUT2D eigenvalue weighted by atomic mass is 9.65. The van der Waals surface area contributed by atoms with E-state index >= 15 is 0 Å². The summed E-state index contributed by atoms with van der Waals surface area (Å²) in [4.78, 5) is 0. The highest BCUT2D eigenvalue weighted by Gasteiger charge is 2.41. The third kappa shape index (κ3) is 22.6. The van der Waals surface area contributed by atoms with Crippen LogP contribution in [0.5, 0.6) is 0 Å². The summed E-state index contributed by atoms with van der Waals surface area (Å²) in [6, 6.07) is 52.4. The molecule has 13 rings (SSSR count). The van der Waals surface area contributed by atoms with Crippen molar-refractivity contribution in [1.82, 2.24) is 0 Å². The fourth-order valence-electron chi connectivity index (χ4n) is 18.8. The van der Waals surface area contributed by atoms with E-state index in [-0.39, 0.29) is 12.0 Å². The number of hydrogen-bond acceptors (Lipinski definition) is 5. The molecule has 5 heteroatoms. The van der Waals surface area contributed by atoms with Crippen LogP contribution in [-0.4, -0.2) is 50.9 Å². The van der Waals surface area contributed by atoms with Crippen LogP contribution in [0.4, 0.5) is 0 Å². The normalized spacial score (nSPS) is 24.8. The fraction of sp³-hybridized carbons (Fsp3) is 0.617. The van der Waals surface area contributed by atoms with Gasteiger partial charge in [-0.3, -0.25) is 0 Å². The lowest BCUT2D eigenvalue weighted by Crippen LogP contribution is -2.39. The molecule has 1 N–H and O–H groups in total. The highest BCUT2D eigenvalue weighted by Crippen LogP contribution is 2.48. The molecule has 11 unspecified atom stereocenters. The molecule has 0 aliphatic heterocycles. The summed E-state index contributed by atoms with van der Waals surface area (Å²) in [6.45, 7) is 40.3. The summed E-state index contributed by atoms with van der Waals surface area (Å²) in [6.07, 6.45) is 22.4. The molecule has 0 amide bonds. The minimum Gasteiger partial charge on any atom is -0.392 e. The molecule has 6 aromatic rings. The number of ether oxygens (including phenoxy) is 4. The van der Waals surface area contributed by atoms with Crippen LogP contribution < -0.4 is 0 Å². The van der Waals surface area contributed by atoms with Gasteiger partial charge in [0, 0.05) is 39.1 Å². The highest BCUT2D eigenvalue weighted by atomic mass is 16.5. The highest BCUT2D eigenvalue weighted by molar-refractivity contribution is 5.42. The van der Waals surface area contributed by atoms with Gasteiger partial charge in [0.2, 0.25) is 0 Å². The minimum atomic E-state index is 0.121. The Morgan fingerprint density at radius 3 is 1.40 bits per heavy atom. The molecule has 0 aromatic heterocycles. The molecular formula is C94H140O5. The van der Waals surface area contributed by atoms with Crippen LogP contribution in [0, 0.1) is 59.2 Å². The largest absolute Gasteiger partial charge is 0.392 e. The molecule has 0 heterocycles. The topological polar surface area (TPSA) is 57.2 Å². The molecule has 546 valence electrons. The van der Waals surface area contributed by atoms with Gasteiger partial charge in [-0.1, -0.05) is 295 Å². The Morgan fingerprint density at radius 2 is 0.879 bits per heavy atom. The van der Waals surface area contributed by atoms with E-state index in [0.717, 1.165) is 97.5 Å². The van der Waals surface area contributed by atoms with Crippen LogP contribution in [0.2, 0.25) is 0 Å². The molecule has 7 aliphatic carbocycles. The van der Waals surface area contributed by atoms with Gasteiger partial charge in [0.25, 0.3) is 0 Å². The van der Waals surface area contributed by atoms with Crippen molar-refractivity contribution in [2.45, 2.75) is 293 Å². The average molecular weight is 1350 g/mol. The van der Waals surface area contributed by atoms with Gasteiger partial charge in [0.05, 0.1) is 37.6 Å². The molecule has 5 nitrogen and oxygen atoms in total. The van der Waals surface area contributed by atoms with Crippen LogP contribution in [0.25, 0.3) is 0 Å². The van der Waals surface area contributed by atoms with E-state index in [9.17, 15) is 5.11 Å². The molecule has 7 aliphatic rings. The zero-order valence-corrected chi connectivity index (χ0v) is 66.1. The molecule has 0 bridgehead atoms. The molecule has 0 spiro atoms.